The van der Waals surface area contributed by atoms with E-state index in [9.17, 15) is 4.79 Å². The molecule has 0 saturated carbocycles. The number of benzene rings is 2. The third kappa shape index (κ3) is 3.99. The van der Waals surface area contributed by atoms with Crippen LogP contribution in [0.1, 0.15) is 37.3 Å². The highest BCUT2D eigenvalue weighted by Gasteiger charge is 2.27. The van der Waals surface area contributed by atoms with Crippen LogP contribution in [-0.4, -0.2) is 37.3 Å². The van der Waals surface area contributed by atoms with Crippen LogP contribution in [0.2, 0.25) is 0 Å². The fourth-order valence-corrected chi connectivity index (χ4v) is 3.33. The number of aliphatic hydroxyl groups is 1. The van der Waals surface area contributed by atoms with E-state index in [-0.39, 0.29) is 24.5 Å². The summed E-state index contributed by atoms with van der Waals surface area (Å²) >= 11 is 0. The third-order valence-electron chi connectivity index (χ3n) is 4.61. The van der Waals surface area contributed by atoms with Gasteiger partial charge in [-0.2, -0.15) is 0 Å². The summed E-state index contributed by atoms with van der Waals surface area (Å²) in [5.74, 6) is 0.815. The predicted molar refractivity (Wildman–Crippen MR) is 104 cm³/mol. The van der Waals surface area contributed by atoms with Gasteiger partial charge < -0.3 is 20.1 Å². The second-order valence-corrected chi connectivity index (χ2v) is 6.96. The van der Waals surface area contributed by atoms with Crippen LogP contribution in [0.15, 0.2) is 42.5 Å². The molecule has 2 aromatic carbocycles. The number of likely N-dealkylation sites (N-methyl/N-ethyl adjacent to an activating group) is 1. The van der Waals surface area contributed by atoms with Gasteiger partial charge in [0.15, 0.2) is 0 Å². The molecule has 3 rings (SSSR count). The summed E-state index contributed by atoms with van der Waals surface area (Å²) in [5, 5.41) is 12.0. The van der Waals surface area contributed by atoms with Gasteiger partial charge in [-0.05, 0) is 43.2 Å². The average molecular weight is 354 g/mol. The van der Waals surface area contributed by atoms with Gasteiger partial charge in [0.2, 0.25) is 5.91 Å². The van der Waals surface area contributed by atoms with E-state index in [0.29, 0.717) is 13.0 Å². The van der Waals surface area contributed by atoms with Crippen LogP contribution in [0.4, 0.5) is 11.4 Å². The van der Waals surface area contributed by atoms with Crippen LogP contribution in [0, 0.1) is 0 Å². The summed E-state index contributed by atoms with van der Waals surface area (Å²) in [5.41, 5.74) is 4.09. The van der Waals surface area contributed by atoms with Crippen molar-refractivity contribution in [2.45, 2.75) is 32.3 Å². The van der Waals surface area contributed by atoms with Crippen LogP contribution in [0.25, 0.3) is 0 Å². The minimum absolute atomic E-state index is 0.0191. The van der Waals surface area contributed by atoms with Crippen LogP contribution in [0.5, 0.6) is 5.75 Å². The molecule has 0 spiro atoms. The second-order valence-electron chi connectivity index (χ2n) is 6.96. The molecular formula is C21H26N2O3. The number of carbonyl (C=O) groups is 1. The molecule has 1 aliphatic heterocycles. The zero-order valence-electron chi connectivity index (χ0n) is 15.5. The Morgan fingerprint density at radius 2 is 1.96 bits per heavy atom. The van der Waals surface area contributed by atoms with Crippen molar-refractivity contribution in [2.75, 3.05) is 30.4 Å². The van der Waals surface area contributed by atoms with Crippen molar-refractivity contribution in [3.05, 3.63) is 53.6 Å². The molecule has 5 nitrogen and oxygen atoms in total. The molecule has 0 radical (unpaired) electrons. The molecule has 0 fully saturated rings. The first-order valence-electron chi connectivity index (χ1n) is 9.00. The van der Waals surface area contributed by atoms with Gasteiger partial charge in [0.25, 0.3) is 0 Å². The summed E-state index contributed by atoms with van der Waals surface area (Å²) in [6, 6.07) is 14.1. The first kappa shape index (κ1) is 18.3. The number of fused-ring (bicyclic) bond motifs is 1. The predicted octanol–water partition coefficient (Wildman–Crippen LogP) is 3.38. The lowest BCUT2D eigenvalue weighted by Gasteiger charge is -2.27. The van der Waals surface area contributed by atoms with Gasteiger partial charge in [-0.3, -0.25) is 4.79 Å². The van der Waals surface area contributed by atoms with E-state index in [1.54, 1.807) is 0 Å². The maximum atomic E-state index is 12.2. The van der Waals surface area contributed by atoms with Crippen molar-refractivity contribution in [2.24, 2.45) is 0 Å². The Labute approximate surface area is 154 Å². The lowest BCUT2D eigenvalue weighted by Crippen LogP contribution is -2.24. The van der Waals surface area contributed by atoms with Crippen LogP contribution in [-0.2, 0) is 4.79 Å². The highest BCUT2D eigenvalue weighted by molar-refractivity contribution is 5.95. The van der Waals surface area contributed by atoms with E-state index in [1.807, 2.05) is 56.1 Å². The second kappa shape index (κ2) is 7.79. The molecule has 26 heavy (non-hydrogen) atoms. The Bertz CT molecular complexity index is 771. The highest BCUT2D eigenvalue weighted by atomic mass is 16.5. The highest BCUT2D eigenvalue weighted by Crippen LogP contribution is 2.39. The molecule has 1 atom stereocenters. The molecule has 1 unspecified atom stereocenters. The summed E-state index contributed by atoms with van der Waals surface area (Å²) in [6.45, 7) is 4.67. The van der Waals surface area contributed by atoms with Gasteiger partial charge in [0.1, 0.15) is 5.75 Å². The van der Waals surface area contributed by atoms with E-state index in [2.05, 4.69) is 17.4 Å². The van der Waals surface area contributed by atoms with Crippen molar-refractivity contribution in [3.8, 4) is 5.75 Å². The largest absolute Gasteiger partial charge is 0.491 e. The maximum absolute atomic E-state index is 12.2. The van der Waals surface area contributed by atoms with Crippen LogP contribution < -0.4 is 15.0 Å². The minimum atomic E-state index is 0.0191. The Morgan fingerprint density at radius 1 is 1.23 bits per heavy atom. The molecule has 1 aliphatic rings. The van der Waals surface area contributed by atoms with Crippen molar-refractivity contribution in [3.63, 3.8) is 0 Å². The number of hydrogen-bond donors (Lipinski definition) is 2. The van der Waals surface area contributed by atoms with Crippen LogP contribution in [0.3, 0.4) is 0 Å². The molecule has 2 N–H and O–H groups in total. The van der Waals surface area contributed by atoms with Crippen molar-refractivity contribution >= 4 is 17.3 Å². The number of ether oxygens (including phenoxy) is 1. The van der Waals surface area contributed by atoms with E-state index >= 15 is 0 Å². The van der Waals surface area contributed by atoms with E-state index in [4.69, 9.17) is 9.84 Å². The first-order valence-corrected chi connectivity index (χ1v) is 9.00. The van der Waals surface area contributed by atoms with Gasteiger partial charge in [0.05, 0.1) is 12.7 Å². The third-order valence-corrected chi connectivity index (χ3v) is 4.61. The quantitative estimate of drug-likeness (QED) is 0.835. The van der Waals surface area contributed by atoms with Gasteiger partial charge >= 0.3 is 0 Å². The average Bonchev–Trinajstić information content (AvgIpc) is 2.60. The summed E-state index contributed by atoms with van der Waals surface area (Å²) in [6.07, 6.45) is 0.523. The normalized spacial score (nSPS) is 16.2. The molecular weight excluding hydrogens is 328 g/mol. The summed E-state index contributed by atoms with van der Waals surface area (Å²) in [7, 11) is 1.95. The summed E-state index contributed by atoms with van der Waals surface area (Å²) < 4.78 is 5.74. The number of aliphatic hydroxyl groups excluding tert-OH is 1. The molecule has 5 heteroatoms. The molecule has 0 saturated heterocycles. The van der Waals surface area contributed by atoms with Crippen molar-refractivity contribution < 1.29 is 14.6 Å². The molecule has 0 aromatic heterocycles. The number of hydrogen-bond acceptors (Lipinski definition) is 4. The van der Waals surface area contributed by atoms with Gasteiger partial charge in [-0.1, -0.05) is 18.2 Å². The molecule has 0 aliphatic carbocycles. The van der Waals surface area contributed by atoms with Gasteiger partial charge in [-0.25, -0.2) is 0 Å². The maximum Gasteiger partial charge on any atom is 0.225 e. The number of rotatable bonds is 6. The number of amides is 1. The number of nitrogens with one attached hydrogen (secondary N) is 1. The number of nitrogens with zero attached hydrogens (tertiary/aromatic N) is 1. The first-order chi connectivity index (χ1) is 12.5. The van der Waals surface area contributed by atoms with E-state index in [0.717, 1.165) is 28.3 Å². The van der Waals surface area contributed by atoms with E-state index in [1.165, 1.54) is 0 Å². The Morgan fingerprint density at radius 3 is 2.62 bits per heavy atom. The molecule has 0 bridgehead atoms. The molecule has 2 aromatic rings. The standard InChI is InChI=1S/C21H26N2O3/c1-14(2)26-17-8-9-18-19(13-21(25)22-20(18)12-17)15-4-6-16(7-5-15)23(3)10-11-24/h4-9,12,14,19,24H,10-11,13H2,1-3H3,(H,22,25). The minimum Gasteiger partial charge on any atom is -0.491 e. The zero-order chi connectivity index (χ0) is 18.7. The SMILES string of the molecule is CC(C)Oc1ccc2c(c1)NC(=O)CC2c1ccc(N(C)CCO)cc1. The molecule has 1 amide bonds. The van der Waals surface area contributed by atoms with Gasteiger partial charge in [-0.15, -0.1) is 0 Å². The molecule has 138 valence electrons. The topological polar surface area (TPSA) is 61.8 Å². The lowest BCUT2D eigenvalue weighted by molar-refractivity contribution is -0.116. The van der Waals surface area contributed by atoms with Crippen LogP contribution >= 0.6 is 0 Å². The fraction of sp³-hybridized carbons (Fsp3) is 0.381. The fourth-order valence-electron chi connectivity index (χ4n) is 3.33. The number of anilines is 2. The zero-order valence-corrected chi connectivity index (χ0v) is 15.5. The molecule has 1 heterocycles. The summed E-state index contributed by atoms with van der Waals surface area (Å²) in [4.78, 5) is 14.2. The Kier molecular flexibility index (Phi) is 5.47. The van der Waals surface area contributed by atoms with Crippen molar-refractivity contribution in [1.29, 1.82) is 0 Å². The van der Waals surface area contributed by atoms with Crippen molar-refractivity contribution in [1.82, 2.24) is 0 Å². The smallest absolute Gasteiger partial charge is 0.225 e. The number of carbonyl (C=O) groups excluding carboxylic acids is 1. The monoisotopic (exact) mass is 354 g/mol. The van der Waals surface area contributed by atoms with E-state index < -0.39 is 0 Å². The lowest BCUT2D eigenvalue weighted by atomic mass is 9.84. The Balaban J connectivity index is 1.88. The van der Waals surface area contributed by atoms with Gasteiger partial charge in [0, 0.05) is 43.4 Å². The Hall–Kier alpha value is -2.53.